The molecule has 0 radical (unpaired) electrons. The molecule has 2 rings (SSSR count). The van der Waals surface area contributed by atoms with Crippen LogP contribution in [0.15, 0.2) is 28.7 Å². The Balaban J connectivity index is 1.83. The average Bonchev–Trinajstić information content (AvgIpc) is 2.86. The zero-order valence-electron chi connectivity index (χ0n) is 12.6. The van der Waals surface area contributed by atoms with E-state index in [1.807, 2.05) is 24.3 Å². The van der Waals surface area contributed by atoms with Crippen LogP contribution in [0.25, 0.3) is 0 Å². The van der Waals surface area contributed by atoms with E-state index in [0.29, 0.717) is 11.5 Å². The quantitative estimate of drug-likeness (QED) is 0.771. The second kappa shape index (κ2) is 7.46. The second-order valence-electron chi connectivity index (χ2n) is 6.30. The van der Waals surface area contributed by atoms with Crippen LogP contribution < -0.4 is 10.1 Å². The van der Waals surface area contributed by atoms with Crippen LogP contribution in [0.1, 0.15) is 46.0 Å². The molecule has 0 heterocycles. The molecule has 0 aliphatic heterocycles. The van der Waals surface area contributed by atoms with Crippen LogP contribution in [0.2, 0.25) is 0 Å². The van der Waals surface area contributed by atoms with Crippen LogP contribution in [-0.4, -0.2) is 19.2 Å². The standard InChI is InChI=1S/C17H26BrNO/c1-14(2)19-13-17(8-3-4-9-17)10-11-20-16-7-5-6-15(18)12-16/h5-7,12,14,19H,3-4,8-11,13H2,1-2H3. The molecular weight excluding hydrogens is 314 g/mol. The third kappa shape index (κ3) is 4.78. The van der Waals surface area contributed by atoms with Gasteiger partial charge in [0.15, 0.2) is 0 Å². The van der Waals surface area contributed by atoms with Gasteiger partial charge in [-0.1, -0.05) is 48.7 Å². The van der Waals surface area contributed by atoms with Crippen molar-refractivity contribution in [2.24, 2.45) is 5.41 Å². The maximum Gasteiger partial charge on any atom is 0.120 e. The van der Waals surface area contributed by atoms with Crippen molar-refractivity contribution in [1.29, 1.82) is 0 Å². The summed E-state index contributed by atoms with van der Waals surface area (Å²) in [5.41, 5.74) is 0.455. The first-order valence-electron chi connectivity index (χ1n) is 7.71. The predicted octanol–water partition coefficient (Wildman–Crippen LogP) is 4.78. The van der Waals surface area contributed by atoms with E-state index in [1.54, 1.807) is 0 Å². The molecule has 1 N–H and O–H groups in total. The molecule has 1 aromatic carbocycles. The van der Waals surface area contributed by atoms with Crippen molar-refractivity contribution >= 4 is 15.9 Å². The minimum atomic E-state index is 0.455. The smallest absolute Gasteiger partial charge is 0.120 e. The fourth-order valence-corrected chi connectivity index (χ4v) is 3.38. The van der Waals surface area contributed by atoms with Gasteiger partial charge in [-0.05, 0) is 42.9 Å². The van der Waals surface area contributed by atoms with E-state index in [4.69, 9.17) is 4.74 Å². The minimum absolute atomic E-state index is 0.455. The van der Waals surface area contributed by atoms with Crippen molar-refractivity contribution in [2.75, 3.05) is 13.2 Å². The van der Waals surface area contributed by atoms with E-state index in [0.717, 1.165) is 29.8 Å². The monoisotopic (exact) mass is 339 g/mol. The SMILES string of the molecule is CC(C)NCC1(CCOc2cccc(Br)c2)CCCC1. The van der Waals surface area contributed by atoms with Gasteiger partial charge in [0.1, 0.15) is 5.75 Å². The molecule has 1 saturated carbocycles. The van der Waals surface area contributed by atoms with Crippen molar-refractivity contribution < 1.29 is 4.74 Å². The van der Waals surface area contributed by atoms with Crippen LogP contribution in [-0.2, 0) is 0 Å². The molecule has 0 amide bonds. The molecule has 1 aliphatic rings. The second-order valence-corrected chi connectivity index (χ2v) is 7.21. The number of halogens is 1. The first-order chi connectivity index (χ1) is 9.60. The van der Waals surface area contributed by atoms with Gasteiger partial charge in [0.2, 0.25) is 0 Å². The van der Waals surface area contributed by atoms with Crippen molar-refractivity contribution in [3.8, 4) is 5.75 Å². The highest BCUT2D eigenvalue weighted by Gasteiger charge is 2.33. The zero-order valence-corrected chi connectivity index (χ0v) is 14.2. The van der Waals surface area contributed by atoms with Crippen molar-refractivity contribution in [3.63, 3.8) is 0 Å². The van der Waals surface area contributed by atoms with Crippen LogP contribution >= 0.6 is 15.9 Å². The van der Waals surface area contributed by atoms with Crippen LogP contribution in [0.5, 0.6) is 5.75 Å². The largest absolute Gasteiger partial charge is 0.494 e. The van der Waals surface area contributed by atoms with E-state index in [-0.39, 0.29) is 0 Å². The summed E-state index contributed by atoms with van der Waals surface area (Å²) < 4.78 is 7.00. The lowest BCUT2D eigenvalue weighted by atomic mass is 9.82. The fourth-order valence-electron chi connectivity index (χ4n) is 3.00. The van der Waals surface area contributed by atoms with E-state index >= 15 is 0 Å². The lowest BCUT2D eigenvalue weighted by Gasteiger charge is -2.30. The molecule has 20 heavy (non-hydrogen) atoms. The third-order valence-corrected chi connectivity index (χ3v) is 4.74. The summed E-state index contributed by atoms with van der Waals surface area (Å²) in [6.07, 6.45) is 6.58. The number of ether oxygens (including phenoxy) is 1. The van der Waals surface area contributed by atoms with Gasteiger partial charge in [0, 0.05) is 17.1 Å². The highest BCUT2D eigenvalue weighted by Crippen LogP contribution is 2.40. The van der Waals surface area contributed by atoms with E-state index in [1.165, 1.54) is 25.7 Å². The van der Waals surface area contributed by atoms with Gasteiger partial charge >= 0.3 is 0 Å². The van der Waals surface area contributed by atoms with Gasteiger partial charge in [-0.3, -0.25) is 0 Å². The summed E-state index contributed by atoms with van der Waals surface area (Å²) in [6.45, 7) is 6.39. The molecule has 1 fully saturated rings. The molecule has 0 spiro atoms. The fraction of sp³-hybridized carbons (Fsp3) is 0.647. The van der Waals surface area contributed by atoms with Gasteiger partial charge < -0.3 is 10.1 Å². The van der Waals surface area contributed by atoms with Crippen LogP contribution in [0, 0.1) is 5.41 Å². The third-order valence-electron chi connectivity index (χ3n) is 4.25. The minimum Gasteiger partial charge on any atom is -0.494 e. The van der Waals surface area contributed by atoms with Gasteiger partial charge in [-0.2, -0.15) is 0 Å². The number of hydrogen-bond donors (Lipinski definition) is 1. The lowest BCUT2D eigenvalue weighted by molar-refractivity contribution is 0.189. The molecular formula is C17H26BrNO. The summed E-state index contributed by atoms with van der Waals surface area (Å²) in [5, 5.41) is 3.62. The van der Waals surface area contributed by atoms with Crippen LogP contribution in [0.4, 0.5) is 0 Å². The Hall–Kier alpha value is -0.540. The topological polar surface area (TPSA) is 21.3 Å². The number of rotatable bonds is 7. The van der Waals surface area contributed by atoms with Gasteiger partial charge in [-0.25, -0.2) is 0 Å². The van der Waals surface area contributed by atoms with Gasteiger partial charge in [-0.15, -0.1) is 0 Å². The molecule has 112 valence electrons. The molecule has 0 saturated heterocycles. The van der Waals surface area contributed by atoms with Crippen molar-refractivity contribution in [3.05, 3.63) is 28.7 Å². The average molecular weight is 340 g/mol. The Morgan fingerprint density at radius 1 is 1.30 bits per heavy atom. The molecule has 0 aromatic heterocycles. The summed E-state index contributed by atoms with van der Waals surface area (Å²) in [7, 11) is 0. The molecule has 1 aromatic rings. The maximum absolute atomic E-state index is 5.92. The highest BCUT2D eigenvalue weighted by molar-refractivity contribution is 9.10. The number of benzene rings is 1. The van der Waals surface area contributed by atoms with Crippen molar-refractivity contribution in [1.82, 2.24) is 5.32 Å². The summed E-state index contributed by atoms with van der Waals surface area (Å²) in [6, 6.07) is 8.67. The molecule has 1 aliphatic carbocycles. The molecule has 0 unspecified atom stereocenters. The number of hydrogen-bond acceptors (Lipinski definition) is 2. The molecule has 0 atom stereocenters. The Kier molecular flexibility index (Phi) is 5.91. The van der Waals surface area contributed by atoms with Crippen LogP contribution in [0.3, 0.4) is 0 Å². The first-order valence-corrected chi connectivity index (χ1v) is 8.51. The Bertz CT molecular complexity index is 413. The normalized spacial score (nSPS) is 17.6. The zero-order chi connectivity index (χ0) is 14.4. The summed E-state index contributed by atoms with van der Waals surface area (Å²) >= 11 is 3.48. The Morgan fingerprint density at radius 3 is 2.70 bits per heavy atom. The van der Waals surface area contributed by atoms with Crippen molar-refractivity contribution in [2.45, 2.75) is 52.0 Å². The Labute approximate surface area is 131 Å². The summed E-state index contributed by atoms with van der Waals surface area (Å²) in [4.78, 5) is 0. The maximum atomic E-state index is 5.92. The van der Waals surface area contributed by atoms with Gasteiger partial charge in [0.25, 0.3) is 0 Å². The molecule has 0 bridgehead atoms. The highest BCUT2D eigenvalue weighted by atomic mass is 79.9. The van der Waals surface area contributed by atoms with E-state index in [9.17, 15) is 0 Å². The van der Waals surface area contributed by atoms with Gasteiger partial charge in [0.05, 0.1) is 6.61 Å². The van der Waals surface area contributed by atoms with E-state index in [2.05, 4.69) is 35.1 Å². The molecule has 3 heteroatoms. The Morgan fingerprint density at radius 2 is 2.05 bits per heavy atom. The van der Waals surface area contributed by atoms with E-state index < -0.39 is 0 Å². The summed E-state index contributed by atoms with van der Waals surface area (Å²) in [5.74, 6) is 0.962. The lowest BCUT2D eigenvalue weighted by Crippen LogP contribution is -2.37. The number of nitrogens with one attached hydrogen (secondary N) is 1. The predicted molar refractivity (Wildman–Crippen MR) is 88.3 cm³/mol. The molecule has 2 nitrogen and oxygen atoms in total. The first kappa shape index (κ1) is 15.8.